The molecule has 0 aliphatic carbocycles. The fourth-order valence-corrected chi connectivity index (χ4v) is 2.68. The van der Waals surface area contributed by atoms with E-state index in [1.54, 1.807) is 6.92 Å². The van der Waals surface area contributed by atoms with Gasteiger partial charge in [0, 0.05) is 4.47 Å². The molecule has 6 heteroatoms. The Bertz CT molecular complexity index is 720. The number of nitrogens with one attached hydrogen (secondary N) is 2. The normalized spacial score (nSPS) is 12.7. The lowest BCUT2D eigenvalue weighted by Crippen LogP contribution is -2.45. The van der Waals surface area contributed by atoms with E-state index in [4.69, 9.17) is 4.74 Å². The zero-order valence-corrected chi connectivity index (χ0v) is 16.5. The van der Waals surface area contributed by atoms with Crippen LogP contribution in [-0.4, -0.2) is 18.0 Å². The van der Waals surface area contributed by atoms with E-state index >= 15 is 0 Å². The van der Waals surface area contributed by atoms with Gasteiger partial charge in [0.25, 0.3) is 0 Å². The van der Waals surface area contributed by atoms with Crippen LogP contribution in [0.25, 0.3) is 0 Å². The molecule has 138 valence electrons. The molecule has 5 nitrogen and oxygen atoms in total. The van der Waals surface area contributed by atoms with Gasteiger partial charge in [0.15, 0.2) is 0 Å². The Labute approximate surface area is 162 Å². The van der Waals surface area contributed by atoms with Gasteiger partial charge in [0.1, 0.15) is 12.6 Å². The monoisotopic (exact) mass is 418 g/mol. The molecule has 2 N–H and O–H groups in total. The number of rotatable bonds is 7. The van der Waals surface area contributed by atoms with Crippen LogP contribution in [0.15, 0.2) is 59.1 Å². The molecule has 0 aliphatic rings. The molecule has 0 heterocycles. The number of carbonyl (C=O) groups excluding carboxylic acids is 2. The summed E-state index contributed by atoms with van der Waals surface area (Å²) in [6.45, 7) is 3.80. The van der Waals surface area contributed by atoms with Crippen LogP contribution in [0.4, 0.5) is 4.79 Å². The van der Waals surface area contributed by atoms with E-state index in [9.17, 15) is 9.59 Å². The summed E-state index contributed by atoms with van der Waals surface area (Å²) >= 11 is 3.40. The maximum absolute atomic E-state index is 12.4. The van der Waals surface area contributed by atoms with Gasteiger partial charge >= 0.3 is 6.09 Å². The smallest absolute Gasteiger partial charge is 0.408 e. The first-order valence-electron chi connectivity index (χ1n) is 8.52. The summed E-state index contributed by atoms with van der Waals surface area (Å²) in [6.07, 6.45) is 0.131. The molecule has 0 aliphatic heterocycles. The summed E-state index contributed by atoms with van der Waals surface area (Å²) in [7, 11) is 0. The largest absolute Gasteiger partial charge is 0.445 e. The van der Waals surface area contributed by atoms with Crippen molar-refractivity contribution in [2.24, 2.45) is 0 Å². The van der Waals surface area contributed by atoms with E-state index < -0.39 is 12.1 Å². The van der Waals surface area contributed by atoms with Gasteiger partial charge in [-0.25, -0.2) is 4.79 Å². The lowest BCUT2D eigenvalue weighted by molar-refractivity contribution is -0.123. The topological polar surface area (TPSA) is 67.4 Å². The molecule has 0 aromatic heterocycles. The molecular formula is C20H23BrN2O3. The van der Waals surface area contributed by atoms with E-state index in [1.165, 1.54) is 0 Å². The molecule has 2 atom stereocenters. The molecule has 0 bridgehead atoms. The van der Waals surface area contributed by atoms with Crippen LogP contribution in [0.2, 0.25) is 0 Å². The molecule has 2 aromatic rings. The van der Waals surface area contributed by atoms with E-state index in [1.807, 2.05) is 61.5 Å². The van der Waals surface area contributed by atoms with Gasteiger partial charge in [0.05, 0.1) is 6.04 Å². The van der Waals surface area contributed by atoms with Gasteiger partial charge in [0.2, 0.25) is 5.91 Å². The fourth-order valence-electron chi connectivity index (χ4n) is 2.42. The zero-order chi connectivity index (χ0) is 18.9. The quantitative estimate of drug-likeness (QED) is 0.702. The van der Waals surface area contributed by atoms with Gasteiger partial charge in [-0.15, -0.1) is 0 Å². The van der Waals surface area contributed by atoms with E-state index in [0.29, 0.717) is 0 Å². The molecule has 2 unspecified atom stereocenters. The standard InChI is InChI=1S/C20H23BrN2O3/c1-3-18(16-9-11-17(21)12-10-16)23-19(24)14(2)22-20(25)26-13-15-7-5-4-6-8-15/h4-12,14,18H,3,13H2,1-2H3,(H,22,25)(H,23,24). The molecule has 0 spiro atoms. The van der Waals surface area contributed by atoms with Crippen molar-refractivity contribution < 1.29 is 14.3 Å². The number of hydrogen-bond donors (Lipinski definition) is 2. The summed E-state index contributed by atoms with van der Waals surface area (Å²) in [5, 5.41) is 5.52. The van der Waals surface area contributed by atoms with Crippen LogP contribution in [0.3, 0.4) is 0 Å². The molecule has 2 amide bonds. The van der Waals surface area contributed by atoms with E-state index in [0.717, 1.165) is 22.0 Å². The second-order valence-electron chi connectivity index (χ2n) is 5.95. The van der Waals surface area contributed by atoms with Crippen molar-refractivity contribution in [3.05, 3.63) is 70.2 Å². The highest BCUT2D eigenvalue weighted by Crippen LogP contribution is 2.19. The van der Waals surface area contributed by atoms with Crippen molar-refractivity contribution in [3.63, 3.8) is 0 Å². The summed E-state index contributed by atoms with van der Waals surface area (Å²) in [5.74, 6) is -0.253. The highest BCUT2D eigenvalue weighted by atomic mass is 79.9. The number of alkyl carbamates (subject to hydrolysis) is 1. The predicted molar refractivity (Wildman–Crippen MR) is 105 cm³/mol. The Morgan fingerprint density at radius 3 is 2.31 bits per heavy atom. The van der Waals surface area contributed by atoms with Crippen molar-refractivity contribution in [1.82, 2.24) is 10.6 Å². The number of carbonyl (C=O) groups is 2. The Hall–Kier alpha value is -2.34. The number of hydrogen-bond acceptors (Lipinski definition) is 3. The van der Waals surface area contributed by atoms with Crippen LogP contribution in [-0.2, 0) is 16.1 Å². The fraction of sp³-hybridized carbons (Fsp3) is 0.300. The third kappa shape index (κ3) is 6.19. The first-order valence-corrected chi connectivity index (χ1v) is 9.32. The van der Waals surface area contributed by atoms with Crippen molar-refractivity contribution in [1.29, 1.82) is 0 Å². The lowest BCUT2D eigenvalue weighted by atomic mass is 10.0. The molecule has 0 saturated carbocycles. The number of amides is 2. The van der Waals surface area contributed by atoms with Crippen molar-refractivity contribution >= 4 is 27.9 Å². The first kappa shape index (κ1) is 20.0. The first-order chi connectivity index (χ1) is 12.5. The minimum atomic E-state index is -0.692. The number of benzene rings is 2. The Morgan fingerprint density at radius 2 is 1.69 bits per heavy atom. The van der Waals surface area contributed by atoms with Crippen molar-refractivity contribution in [2.75, 3.05) is 0 Å². The van der Waals surface area contributed by atoms with Crippen molar-refractivity contribution in [2.45, 2.75) is 39.0 Å². The molecule has 0 saturated heterocycles. The second-order valence-corrected chi connectivity index (χ2v) is 6.86. The third-order valence-electron chi connectivity index (χ3n) is 3.94. The summed E-state index contributed by atoms with van der Waals surface area (Å²) in [4.78, 5) is 24.2. The minimum absolute atomic E-state index is 0.111. The van der Waals surface area contributed by atoms with Crippen LogP contribution < -0.4 is 10.6 Å². The van der Waals surface area contributed by atoms with E-state index in [2.05, 4.69) is 26.6 Å². The van der Waals surface area contributed by atoms with Crippen LogP contribution in [0.1, 0.15) is 37.4 Å². The Morgan fingerprint density at radius 1 is 1.04 bits per heavy atom. The summed E-state index contributed by atoms with van der Waals surface area (Å²) < 4.78 is 6.13. The number of halogens is 1. The Balaban J connectivity index is 1.83. The minimum Gasteiger partial charge on any atom is -0.445 e. The highest BCUT2D eigenvalue weighted by Gasteiger charge is 2.20. The molecule has 26 heavy (non-hydrogen) atoms. The Kier molecular flexibility index (Phi) is 7.66. The maximum Gasteiger partial charge on any atom is 0.408 e. The SMILES string of the molecule is CCC(NC(=O)C(C)NC(=O)OCc1ccccc1)c1ccc(Br)cc1. The molecule has 0 radical (unpaired) electrons. The molecule has 0 fully saturated rings. The van der Waals surface area contributed by atoms with Crippen LogP contribution >= 0.6 is 15.9 Å². The molecular weight excluding hydrogens is 396 g/mol. The third-order valence-corrected chi connectivity index (χ3v) is 4.47. The average Bonchev–Trinajstić information content (AvgIpc) is 2.66. The second kappa shape index (κ2) is 9.97. The van der Waals surface area contributed by atoms with Crippen molar-refractivity contribution in [3.8, 4) is 0 Å². The lowest BCUT2D eigenvalue weighted by Gasteiger charge is -2.21. The van der Waals surface area contributed by atoms with Crippen LogP contribution in [0.5, 0.6) is 0 Å². The molecule has 2 aromatic carbocycles. The van der Waals surface area contributed by atoms with Gasteiger partial charge in [-0.2, -0.15) is 0 Å². The summed E-state index contributed by atoms with van der Waals surface area (Å²) in [6, 6.07) is 16.4. The number of ether oxygens (including phenoxy) is 1. The van der Waals surface area contributed by atoms with Gasteiger partial charge < -0.3 is 15.4 Å². The predicted octanol–water partition coefficient (Wildman–Crippen LogP) is 4.33. The maximum atomic E-state index is 12.4. The van der Waals surface area contributed by atoms with Gasteiger partial charge in [-0.05, 0) is 36.6 Å². The molecule has 2 rings (SSSR count). The van der Waals surface area contributed by atoms with Gasteiger partial charge in [-0.3, -0.25) is 4.79 Å². The van der Waals surface area contributed by atoms with Gasteiger partial charge in [-0.1, -0.05) is 65.3 Å². The highest BCUT2D eigenvalue weighted by molar-refractivity contribution is 9.10. The van der Waals surface area contributed by atoms with Crippen LogP contribution in [0, 0.1) is 0 Å². The average molecular weight is 419 g/mol. The van der Waals surface area contributed by atoms with E-state index in [-0.39, 0.29) is 18.6 Å². The zero-order valence-electron chi connectivity index (χ0n) is 14.9. The summed E-state index contributed by atoms with van der Waals surface area (Å²) in [5.41, 5.74) is 1.91.